The highest BCUT2D eigenvalue weighted by Gasteiger charge is 2.20. The number of rotatable bonds is 5. The van der Waals surface area contributed by atoms with Crippen molar-refractivity contribution in [1.82, 2.24) is 14.3 Å². The van der Waals surface area contributed by atoms with Crippen molar-refractivity contribution in [1.29, 1.82) is 0 Å². The minimum atomic E-state index is -0.486. The molecule has 0 atom stereocenters. The molecule has 9 heteroatoms. The van der Waals surface area contributed by atoms with Gasteiger partial charge in [0, 0.05) is 17.5 Å². The number of nitrogen functional groups attached to an aromatic ring is 1. The van der Waals surface area contributed by atoms with Crippen LogP contribution >= 0.6 is 0 Å². The number of anilines is 1. The highest BCUT2D eigenvalue weighted by Crippen LogP contribution is 2.29. The summed E-state index contributed by atoms with van der Waals surface area (Å²) in [5.74, 6) is 0.860. The Balaban J connectivity index is 1.75. The highest BCUT2D eigenvalue weighted by atomic mass is 16.6. The molecule has 164 valence electrons. The molecule has 0 unspecified atom stereocenters. The monoisotopic (exact) mass is 441 g/mol. The summed E-state index contributed by atoms with van der Waals surface area (Å²) in [6.07, 6.45) is 0. The fourth-order valence-electron chi connectivity index (χ4n) is 3.99. The maximum Gasteiger partial charge on any atom is 0.271 e. The van der Waals surface area contributed by atoms with Gasteiger partial charge in [-0.3, -0.25) is 14.9 Å². The van der Waals surface area contributed by atoms with Crippen molar-refractivity contribution < 1.29 is 9.66 Å². The van der Waals surface area contributed by atoms with Crippen molar-refractivity contribution in [2.75, 3.05) is 12.8 Å². The maximum atomic E-state index is 13.6. The van der Waals surface area contributed by atoms with Gasteiger partial charge in [-0.15, -0.1) is 0 Å². The fraction of sp³-hybridized carbons (Fsp3) is 0.0833. The van der Waals surface area contributed by atoms with Crippen LogP contribution in [0, 0.1) is 10.1 Å². The standard InChI is InChI=1S/C24H19N5O4/c1-33-18-11-9-15(10-12-18)14-27-20-8-3-2-7-19(20)22-21(24(27)30)23(25)28(26-22)16-5-4-6-17(13-16)29(31)32/h2-13H,14,25H2,1H3. The normalized spacial score (nSPS) is 11.2. The van der Waals surface area contributed by atoms with E-state index in [-0.39, 0.29) is 22.5 Å². The first kappa shape index (κ1) is 20.3. The first-order valence-corrected chi connectivity index (χ1v) is 10.2. The second kappa shape index (κ2) is 7.79. The van der Waals surface area contributed by atoms with E-state index < -0.39 is 4.92 Å². The number of ether oxygens (including phenoxy) is 1. The fourth-order valence-corrected chi connectivity index (χ4v) is 3.99. The van der Waals surface area contributed by atoms with Gasteiger partial charge < -0.3 is 15.0 Å². The lowest BCUT2D eigenvalue weighted by atomic mass is 10.1. The third-order valence-corrected chi connectivity index (χ3v) is 5.61. The van der Waals surface area contributed by atoms with Crippen molar-refractivity contribution in [3.63, 3.8) is 0 Å². The van der Waals surface area contributed by atoms with E-state index in [2.05, 4.69) is 5.10 Å². The molecule has 0 bridgehead atoms. The summed E-state index contributed by atoms with van der Waals surface area (Å²) in [6.45, 7) is 0.334. The number of nitro groups is 1. The van der Waals surface area contributed by atoms with E-state index in [0.29, 0.717) is 17.7 Å². The number of hydrogen-bond acceptors (Lipinski definition) is 6. The molecule has 2 heterocycles. The largest absolute Gasteiger partial charge is 0.497 e. The molecule has 0 aliphatic rings. The second-order valence-electron chi connectivity index (χ2n) is 7.55. The van der Waals surface area contributed by atoms with Gasteiger partial charge in [-0.05, 0) is 29.8 Å². The summed E-state index contributed by atoms with van der Waals surface area (Å²) in [6, 6.07) is 20.9. The quantitative estimate of drug-likeness (QED) is 0.327. The molecule has 2 aromatic heterocycles. The van der Waals surface area contributed by atoms with Crippen molar-refractivity contribution in [2.24, 2.45) is 0 Å². The van der Waals surface area contributed by atoms with Gasteiger partial charge in [0.2, 0.25) is 0 Å². The first-order chi connectivity index (χ1) is 16.0. The molecule has 3 aromatic carbocycles. The summed E-state index contributed by atoms with van der Waals surface area (Å²) >= 11 is 0. The Bertz CT molecular complexity index is 1590. The topological polar surface area (TPSA) is 118 Å². The minimum Gasteiger partial charge on any atom is -0.497 e. The van der Waals surface area contributed by atoms with Gasteiger partial charge in [-0.25, -0.2) is 4.68 Å². The van der Waals surface area contributed by atoms with Gasteiger partial charge in [0.1, 0.15) is 22.5 Å². The number of para-hydroxylation sites is 1. The van der Waals surface area contributed by atoms with Crippen LogP contribution in [-0.4, -0.2) is 26.4 Å². The minimum absolute atomic E-state index is 0.0896. The smallest absolute Gasteiger partial charge is 0.271 e. The van der Waals surface area contributed by atoms with Crippen LogP contribution in [0.5, 0.6) is 5.75 Å². The van der Waals surface area contributed by atoms with Gasteiger partial charge in [0.15, 0.2) is 0 Å². The van der Waals surface area contributed by atoms with Gasteiger partial charge in [0.05, 0.1) is 29.8 Å². The van der Waals surface area contributed by atoms with Crippen molar-refractivity contribution in [3.05, 3.63) is 98.8 Å². The number of hydrogen-bond donors (Lipinski definition) is 1. The molecule has 0 fully saturated rings. The Morgan fingerprint density at radius 1 is 1.06 bits per heavy atom. The zero-order chi connectivity index (χ0) is 23.1. The third kappa shape index (κ3) is 3.35. The number of aromatic nitrogens is 3. The molecule has 0 aliphatic heterocycles. The molecule has 0 aliphatic carbocycles. The van der Waals surface area contributed by atoms with Crippen LogP contribution in [0.15, 0.2) is 77.6 Å². The Morgan fingerprint density at radius 2 is 1.82 bits per heavy atom. The molecule has 0 radical (unpaired) electrons. The van der Waals surface area contributed by atoms with Crippen LogP contribution in [0.3, 0.4) is 0 Å². The molecular formula is C24H19N5O4. The summed E-state index contributed by atoms with van der Waals surface area (Å²) in [5.41, 5.74) is 8.51. The number of non-ortho nitro benzene ring substituents is 1. The first-order valence-electron chi connectivity index (χ1n) is 10.2. The number of benzene rings is 3. The number of methoxy groups -OCH3 is 1. The lowest BCUT2D eigenvalue weighted by Gasteiger charge is -2.11. The van der Waals surface area contributed by atoms with E-state index in [1.165, 1.54) is 16.8 Å². The van der Waals surface area contributed by atoms with Gasteiger partial charge in [-0.1, -0.05) is 36.4 Å². The predicted octanol–water partition coefficient (Wildman–Crippen LogP) is 3.89. The number of fused-ring (bicyclic) bond motifs is 3. The van der Waals surface area contributed by atoms with Crippen molar-refractivity contribution in [2.45, 2.75) is 6.54 Å². The van der Waals surface area contributed by atoms with Crippen molar-refractivity contribution >= 4 is 33.3 Å². The average Bonchev–Trinajstić information content (AvgIpc) is 3.19. The SMILES string of the molecule is COc1ccc(Cn2c(=O)c3c(N)n(-c4cccc([N+](=O)[O-])c4)nc3c3ccccc32)cc1. The van der Waals surface area contributed by atoms with Crippen LogP contribution in [0.2, 0.25) is 0 Å². The number of nitrogens with zero attached hydrogens (tertiary/aromatic N) is 4. The summed E-state index contributed by atoms with van der Waals surface area (Å²) < 4.78 is 8.26. The molecule has 0 spiro atoms. The lowest BCUT2D eigenvalue weighted by Crippen LogP contribution is -2.22. The summed E-state index contributed by atoms with van der Waals surface area (Å²) in [5, 5.41) is 16.8. The Labute approximate surface area is 187 Å². The van der Waals surface area contributed by atoms with Crippen molar-refractivity contribution in [3.8, 4) is 11.4 Å². The maximum absolute atomic E-state index is 13.6. The Kier molecular flexibility index (Phi) is 4.78. The van der Waals surface area contributed by atoms with Gasteiger partial charge in [0.25, 0.3) is 11.2 Å². The van der Waals surface area contributed by atoms with E-state index in [1.807, 2.05) is 48.5 Å². The predicted molar refractivity (Wildman–Crippen MR) is 126 cm³/mol. The van der Waals surface area contributed by atoms with Crippen LogP contribution in [0.1, 0.15) is 5.56 Å². The highest BCUT2D eigenvalue weighted by molar-refractivity contribution is 6.07. The molecular weight excluding hydrogens is 422 g/mol. The molecule has 0 saturated heterocycles. The molecule has 5 aromatic rings. The number of nitrogens with two attached hydrogens (primary N) is 1. The zero-order valence-electron chi connectivity index (χ0n) is 17.6. The molecule has 5 rings (SSSR count). The van der Waals surface area contributed by atoms with Gasteiger partial charge in [-0.2, -0.15) is 5.10 Å². The Morgan fingerprint density at radius 3 is 2.55 bits per heavy atom. The number of nitro benzene ring substituents is 1. The molecule has 33 heavy (non-hydrogen) atoms. The van der Waals surface area contributed by atoms with Crippen LogP contribution in [-0.2, 0) is 6.54 Å². The van der Waals surface area contributed by atoms with Crippen LogP contribution < -0.4 is 16.0 Å². The van der Waals surface area contributed by atoms with Crippen LogP contribution in [0.4, 0.5) is 11.5 Å². The summed E-state index contributed by atoms with van der Waals surface area (Å²) in [7, 11) is 1.60. The second-order valence-corrected chi connectivity index (χ2v) is 7.55. The average molecular weight is 441 g/mol. The van der Waals surface area contributed by atoms with E-state index in [4.69, 9.17) is 10.5 Å². The summed E-state index contributed by atoms with van der Waals surface area (Å²) in [4.78, 5) is 24.3. The Hall–Kier alpha value is -4.66. The van der Waals surface area contributed by atoms with E-state index in [0.717, 1.165) is 22.2 Å². The molecule has 9 nitrogen and oxygen atoms in total. The molecule has 0 saturated carbocycles. The molecule has 0 amide bonds. The third-order valence-electron chi connectivity index (χ3n) is 5.61. The van der Waals surface area contributed by atoms with Crippen LogP contribution in [0.25, 0.3) is 27.5 Å². The van der Waals surface area contributed by atoms with E-state index in [9.17, 15) is 14.9 Å². The molecule has 2 N–H and O–H groups in total. The zero-order valence-corrected chi connectivity index (χ0v) is 17.6. The lowest BCUT2D eigenvalue weighted by molar-refractivity contribution is -0.384. The van der Waals surface area contributed by atoms with Gasteiger partial charge >= 0.3 is 0 Å². The number of pyridine rings is 1. The van der Waals surface area contributed by atoms with E-state index >= 15 is 0 Å². The van der Waals surface area contributed by atoms with E-state index in [1.54, 1.807) is 23.8 Å².